The predicted octanol–water partition coefficient (Wildman–Crippen LogP) is 5.12. The maximum atomic E-state index is 13.6. The summed E-state index contributed by atoms with van der Waals surface area (Å²) in [7, 11) is 0. The molecule has 2 rings (SSSR count). The zero-order chi connectivity index (χ0) is 14.7. The van der Waals surface area contributed by atoms with E-state index in [0.717, 1.165) is 11.6 Å². The lowest BCUT2D eigenvalue weighted by atomic mass is 10.1. The van der Waals surface area contributed by atoms with E-state index in [4.69, 9.17) is 23.2 Å². The Labute approximate surface area is 126 Å². The van der Waals surface area contributed by atoms with E-state index in [1.54, 1.807) is 19.1 Å². The first-order valence-electron chi connectivity index (χ1n) is 6.10. The van der Waals surface area contributed by atoms with Crippen molar-refractivity contribution in [2.45, 2.75) is 19.5 Å². The van der Waals surface area contributed by atoms with Crippen LogP contribution in [0, 0.1) is 11.6 Å². The highest BCUT2D eigenvalue weighted by Crippen LogP contribution is 2.26. The Kier molecular flexibility index (Phi) is 4.97. The third-order valence-electron chi connectivity index (χ3n) is 3.06. The minimum atomic E-state index is -0.587. The average Bonchev–Trinajstić information content (AvgIpc) is 2.40. The van der Waals surface area contributed by atoms with Gasteiger partial charge in [0.1, 0.15) is 11.6 Å². The summed E-state index contributed by atoms with van der Waals surface area (Å²) in [4.78, 5) is 0. The number of hydrogen-bond donors (Lipinski definition) is 1. The summed E-state index contributed by atoms with van der Waals surface area (Å²) in [5.74, 6) is -1.15. The molecule has 2 aromatic rings. The molecule has 0 amide bonds. The Morgan fingerprint density at radius 3 is 2.60 bits per heavy atom. The van der Waals surface area contributed by atoms with Gasteiger partial charge in [-0.25, -0.2) is 8.78 Å². The molecule has 1 unspecified atom stereocenters. The molecule has 5 heteroatoms. The summed E-state index contributed by atoms with van der Waals surface area (Å²) in [5, 5.41) is 4.10. The zero-order valence-electron chi connectivity index (χ0n) is 10.8. The van der Waals surface area contributed by atoms with E-state index in [0.29, 0.717) is 22.2 Å². The molecule has 0 saturated carbocycles. The summed E-state index contributed by atoms with van der Waals surface area (Å²) in [6.07, 6.45) is 0. The van der Waals surface area contributed by atoms with Crippen molar-refractivity contribution in [1.29, 1.82) is 0 Å². The van der Waals surface area contributed by atoms with Crippen LogP contribution < -0.4 is 5.32 Å². The molecule has 1 atom stereocenters. The van der Waals surface area contributed by atoms with E-state index < -0.39 is 11.6 Å². The summed E-state index contributed by atoms with van der Waals surface area (Å²) in [6, 6.07) is 8.62. The van der Waals surface area contributed by atoms with Crippen molar-refractivity contribution in [2.75, 3.05) is 0 Å². The van der Waals surface area contributed by atoms with Crippen LogP contribution in [-0.2, 0) is 6.54 Å². The van der Waals surface area contributed by atoms with Crippen molar-refractivity contribution in [3.63, 3.8) is 0 Å². The normalized spacial score (nSPS) is 12.4. The molecule has 106 valence electrons. The third-order valence-corrected chi connectivity index (χ3v) is 3.92. The van der Waals surface area contributed by atoms with Crippen LogP contribution in [0.15, 0.2) is 36.4 Å². The Balaban J connectivity index is 2.08. The summed E-state index contributed by atoms with van der Waals surface area (Å²) >= 11 is 12.0. The van der Waals surface area contributed by atoms with E-state index in [-0.39, 0.29) is 6.04 Å². The molecule has 0 fully saturated rings. The van der Waals surface area contributed by atoms with Gasteiger partial charge in [-0.2, -0.15) is 0 Å². The van der Waals surface area contributed by atoms with E-state index >= 15 is 0 Å². The van der Waals surface area contributed by atoms with Crippen molar-refractivity contribution in [2.24, 2.45) is 0 Å². The number of nitrogens with one attached hydrogen (secondary N) is 1. The standard InChI is InChI=1S/C15H13Cl2F2N/c1-9(12-6-5-11(18)7-14(12)19)20-8-10-3-2-4-13(16)15(10)17/h2-7,9,20H,8H2,1H3. The van der Waals surface area contributed by atoms with Crippen molar-refractivity contribution in [1.82, 2.24) is 5.32 Å². The number of hydrogen-bond acceptors (Lipinski definition) is 1. The van der Waals surface area contributed by atoms with Crippen LogP contribution in [0.1, 0.15) is 24.1 Å². The van der Waals surface area contributed by atoms with Crippen molar-refractivity contribution in [3.05, 3.63) is 69.2 Å². The first-order chi connectivity index (χ1) is 9.49. The maximum absolute atomic E-state index is 13.6. The van der Waals surface area contributed by atoms with Gasteiger partial charge < -0.3 is 5.32 Å². The minimum Gasteiger partial charge on any atom is -0.306 e. The molecule has 0 aliphatic carbocycles. The van der Waals surface area contributed by atoms with Crippen molar-refractivity contribution < 1.29 is 8.78 Å². The summed E-state index contributed by atoms with van der Waals surface area (Å²) in [5.41, 5.74) is 1.23. The Bertz CT molecular complexity index is 617. The van der Waals surface area contributed by atoms with Gasteiger partial charge in [-0.05, 0) is 24.6 Å². The topological polar surface area (TPSA) is 12.0 Å². The van der Waals surface area contributed by atoms with E-state index in [9.17, 15) is 8.78 Å². The fourth-order valence-electron chi connectivity index (χ4n) is 1.91. The Hall–Kier alpha value is -1.16. The first-order valence-corrected chi connectivity index (χ1v) is 6.86. The van der Waals surface area contributed by atoms with Crippen molar-refractivity contribution in [3.8, 4) is 0 Å². The molecule has 2 aromatic carbocycles. The van der Waals surface area contributed by atoms with Gasteiger partial charge in [-0.15, -0.1) is 0 Å². The van der Waals surface area contributed by atoms with Gasteiger partial charge in [0.05, 0.1) is 10.0 Å². The zero-order valence-corrected chi connectivity index (χ0v) is 12.3. The van der Waals surface area contributed by atoms with Crippen LogP contribution in [0.5, 0.6) is 0 Å². The number of halogens is 4. The highest BCUT2D eigenvalue weighted by Gasteiger charge is 2.12. The van der Waals surface area contributed by atoms with Crippen LogP contribution in [0.2, 0.25) is 10.0 Å². The summed E-state index contributed by atoms with van der Waals surface area (Å²) in [6.45, 7) is 2.24. The van der Waals surface area contributed by atoms with Crippen molar-refractivity contribution >= 4 is 23.2 Å². The Morgan fingerprint density at radius 2 is 1.90 bits per heavy atom. The summed E-state index contributed by atoms with van der Waals surface area (Å²) < 4.78 is 26.5. The molecule has 0 aromatic heterocycles. The fourth-order valence-corrected chi connectivity index (χ4v) is 2.30. The van der Waals surface area contributed by atoms with Gasteiger partial charge in [0, 0.05) is 24.2 Å². The molecule has 20 heavy (non-hydrogen) atoms. The van der Waals surface area contributed by atoms with E-state index in [1.165, 1.54) is 12.1 Å². The first kappa shape index (κ1) is 15.2. The lowest BCUT2D eigenvalue weighted by molar-refractivity contribution is 0.518. The van der Waals surface area contributed by atoms with Crippen LogP contribution >= 0.6 is 23.2 Å². The van der Waals surface area contributed by atoms with E-state index in [1.807, 2.05) is 6.07 Å². The van der Waals surface area contributed by atoms with Gasteiger partial charge >= 0.3 is 0 Å². The van der Waals surface area contributed by atoms with E-state index in [2.05, 4.69) is 5.32 Å². The molecular weight excluding hydrogens is 303 g/mol. The predicted molar refractivity (Wildman–Crippen MR) is 78.1 cm³/mol. The van der Waals surface area contributed by atoms with Gasteiger partial charge in [-0.1, -0.05) is 41.4 Å². The lowest BCUT2D eigenvalue weighted by Gasteiger charge is -2.16. The largest absolute Gasteiger partial charge is 0.306 e. The van der Waals surface area contributed by atoms with Crippen LogP contribution in [0.3, 0.4) is 0 Å². The molecular formula is C15H13Cl2F2N. The SMILES string of the molecule is CC(NCc1cccc(Cl)c1Cl)c1ccc(F)cc1F. The molecule has 0 aliphatic heterocycles. The second-order valence-electron chi connectivity index (χ2n) is 4.48. The molecule has 1 nitrogen and oxygen atoms in total. The van der Waals surface area contributed by atoms with Gasteiger partial charge in [-0.3, -0.25) is 0 Å². The quantitative estimate of drug-likeness (QED) is 0.825. The van der Waals surface area contributed by atoms with Crippen LogP contribution in [-0.4, -0.2) is 0 Å². The van der Waals surface area contributed by atoms with Crippen LogP contribution in [0.4, 0.5) is 8.78 Å². The fraction of sp³-hybridized carbons (Fsp3) is 0.200. The van der Waals surface area contributed by atoms with Crippen LogP contribution in [0.25, 0.3) is 0 Å². The number of rotatable bonds is 4. The lowest BCUT2D eigenvalue weighted by Crippen LogP contribution is -2.19. The van der Waals surface area contributed by atoms with Gasteiger partial charge in [0.25, 0.3) is 0 Å². The minimum absolute atomic E-state index is 0.273. The molecule has 0 aliphatic rings. The average molecular weight is 316 g/mol. The third kappa shape index (κ3) is 3.48. The monoisotopic (exact) mass is 315 g/mol. The number of benzene rings is 2. The highest BCUT2D eigenvalue weighted by molar-refractivity contribution is 6.42. The van der Waals surface area contributed by atoms with Gasteiger partial charge in [0.2, 0.25) is 0 Å². The second-order valence-corrected chi connectivity index (χ2v) is 5.27. The molecule has 0 bridgehead atoms. The smallest absolute Gasteiger partial charge is 0.130 e. The maximum Gasteiger partial charge on any atom is 0.130 e. The molecule has 0 heterocycles. The molecule has 0 radical (unpaired) electrons. The van der Waals surface area contributed by atoms with Gasteiger partial charge in [0.15, 0.2) is 0 Å². The molecule has 0 saturated heterocycles. The second kappa shape index (κ2) is 6.53. The molecule has 1 N–H and O–H groups in total. The molecule has 0 spiro atoms. The Morgan fingerprint density at radius 1 is 1.15 bits per heavy atom. The highest BCUT2D eigenvalue weighted by atomic mass is 35.5.